The minimum atomic E-state index is 0. The molecule has 0 unspecified atom stereocenters. The van der Waals surface area contributed by atoms with Gasteiger partial charge in [0, 0.05) is 29.3 Å². The molecule has 28 heavy (non-hydrogen) atoms. The maximum atomic E-state index is 13.3. The van der Waals surface area contributed by atoms with E-state index < -0.39 is 0 Å². The molecule has 2 atom stereocenters. The van der Waals surface area contributed by atoms with Gasteiger partial charge in [-0.15, -0.1) is 24.2 Å². The van der Waals surface area contributed by atoms with Crippen LogP contribution in [0.5, 0.6) is 0 Å². The van der Waals surface area contributed by atoms with Gasteiger partial charge < -0.3 is 14.7 Å². The lowest BCUT2D eigenvalue weighted by molar-refractivity contribution is 0.0755. The summed E-state index contributed by atoms with van der Waals surface area (Å²) in [5, 5.41) is 7.53. The van der Waals surface area contributed by atoms with Gasteiger partial charge in [-0.25, -0.2) is 0 Å². The highest BCUT2D eigenvalue weighted by atomic mass is 35.5. The molecule has 2 aliphatic heterocycles. The first-order chi connectivity index (χ1) is 13.1. The quantitative estimate of drug-likeness (QED) is 0.754. The molecule has 2 saturated heterocycles. The molecule has 2 aliphatic rings. The van der Waals surface area contributed by atoms with Gasteiger partial charge in [-0.2, -0.15) is 0 Å². The lowest BCUT2D eigenvalue weighted by Crippen LogP contribution is -2.33. The molecule has 0 aliphatic carbocycles. The third-order valence-corrected chi connectivity index (χ3v) is 7.08. The van der Waals surface area contributed by atoms with Gasteiger partial charge in [0.1, 0.15) is 5.76 Å². The topological polar surface area (TPSA) is 58.4 Å². The Hall–Kier alpha value is -1.50. The average Bonchev–Trinajstić information content (AvgIpc) is 3.20. The van der Waals surface area contributed by atoms with Crippen LogP contribution < -0.4 is 5.32 Å². The Kier molecular flexibility index (Phi) is 7.07. The molecule has 1 aromatic carbocycles. The Bertz CT molecular complexity index is 792. The van der Waals surface area contributed by atoms with E-state index in [0.717, 1.165) is 84.1 Å². The second kappa shape index (κ2) is 9.33. The summed E-state index contributed by atoms with van der Waals surface area (Å²) in [5.74, 6) is 3.25. The molecule has 2 fully saturated rings. The van der Waals surface area contributed by atoms with Crippen LogP contribution in [0, 0.1) is 25.7 Å². The first-order valence-electron chi connectivity index (χ1n) is 9.77. The van der Waals surface area contributed by atoms with Crippen molar-refractivity contribution in [3.63, 3.8) is 0 Å². The second-order valence-electron chi connectivity index (χ2n) is 7.64. The fraction of sp³-hybridized carbons (Fsp3) is 0.524. The zero-order valence-electron chi connectivity index (χ0n) is 16.4. The molecule has 0 bridgehead atoms. The summed E-state index contributed by atoms with van der Waals surface area (Å²) in [5.41, 5.74) is 2.87. The minimum absolute atomic E-state index is 0. The van der Waals surface area contributed by atoms with E-state index in [2.05, 4.69) is 15.4 Å². The van der Waals surface area contributed by atoms with E-state index in [4.69, 9.17) is 4.52 Å². The SMILES string of the molecule is Cc1noc(C)c1CSc1ccccc1C(=O)N1CC[C@@H]2CNC[C@@H]2CC1.Cl. The molecule has 152 valence electrons. The number of carbonyl (C=O) groups is 1. The van der Waals surface area contributed by atoms with Gasteiger partial charge in [-0.05, 0) is 63.7 Å². The largest absolute Gasteiger partial charge is 0.361 e. The number of hydrogen-bond acceptors (Lipinski definition) is 5. The molecule has 5 nitrogen and oxygen atoms in total. The van der Waals surface area contributed by atoms with Crippen molar-refractivity contribution in [2.75, 3.05) is 26.2 Å². The molecular formula is C21H28ClN3O2S. The van der Waals surface area contributed by atoms with Crippen molar-refractivity contribution < 1.29 is 9.32 Å². The van der Waals surface area contributed by atoms with Gasteiger partial charge in [-0.3, -0.25) is 4.79 Å². The van der Waals surface area contributed by atoms with E-state index in [1.54, 1.807) is 11.8 Å². The van der Waals surface area contributed by atoms with Crippen molar-refractivity contribution in [1.82, 2.24) is 15.4 Å². The number of amides is 1. The lowest BCUT2D eigenvalue weighted by atomic mass is 9.92. The predicted octanol–water partition coefficient (Wildman–Crippen LogP) is 4.08. The molecule has 2 aromatic rings. The number of halogens is 1. The number of carbonyl (C=O) groups excluding carboxylic acids is 1. The fourth-order valence-electron chi connectivity index (χ4n) is 4.22. The number of nitrogens with zero attached hydrogens (tertiary/aromatic N) is 2. The number of benzene rings is 1. The van der Waals surface area contributed by atoms with Gasteiger partial charge in [0.15, 0.2) is 0 Å². The maximum absolute atomic E-state index is 13.3. The molecule has 0 radical (unpaired) electrons. The Morgan fingerprint density at radius 1 is 1.21 bits per heavy atom. The van der Waals surface area contributed by atoms with E-state index in [1.165, 1.54) is 0 Å². The van der Waals surface area contributed by atoms with E-state index in [9.17, 15) is 4.79 Å². The Balaban J connectivity index is 0.00000225. The second-order valence-corrected chi connectivity index (χ2v) is 8.65. The third-order valence-electron chi connectivity index (χ3n) is 5.98. The number of aromatic nitrogens is 1. The van der Waals surface area contributed by atoms with Crippen LogP contribution in [0.3, 0.4) is 0 Å². The summed E-state index contributed by atoms with van der Waals surface area (Å²) in [6, 6.07) is 7.98. The first-order valence-corrected chi connectivity index (χ1v) is 10.8. The van der Waals surface area contributed by atoms with E-state index in [-0.39, 0.29) is 18.3 Å². The van der Waals surface area contributed by atoms with Crippen LogP contribution in [0.4, 0.5) is 0 Å². The number of thioether (sulfide) groups is 1. The van der Waals surface area contributed by atoms with Crippen molar-refractivity contribution in [3.8, 4) is 0 Å². The summed E-state index contributed by atoms with van der Waals surface area (Å²) < 4.78 is 5.26. The van der Waals surface area contributed by atoms with Crippen LogP contribution in [-0.2, 0) is 5.75 Å². The molecule has 3 heterocycles. The van der Waals surface area contributed by atoms with Gasteiger partial charge >= 0.3 is 0 Å². The zero-order valence-corrected chi connectivity index (χ0v) is 18.1. The van der Waals surface area contributed by atoms with Crippen molar-refractivity contribution in [2.24, 2.45) is 11.8 Å². The van der Waals surface area contributed by atoms with Crippen molar-refractivity contribution in [3.05, 3.63) is 46.8 Å². The highest BCUT2D eigenvalue weighted by molar-refractivity contribution is 7.98. The molecule has 0 spiro atoms. The fourth-order valence-corrected chi connectivity index (χ4v) is 5.42. The van der Waals surface area contributed by atoms with Crippen LogP contribution >= 0.6 is 24.2 Å². The Morgan fingerprint density at radius 2 is 1.89 bits per heavy atom. The van der Waals surface area contributed by atoms with Gasteiger partial charge in [0.2, 0.25) is 0 Å². The molecule has 4 rings (SSSR count). The molecule has 0 saturated carbocycles. The third kappa shape index (κ3) is 4.39. The molecule has 1 N–H and O–H groups in total. The Morgan fingerprint density at radius 3 is 2.54 bits per heavy atom. The molecule has 1 amide bonds. The Labute approximate surface area is 177 Å². The van der Waals surface area contributed by atoms with Crippen LogP contribution in [0.25, 0.3) is 0 Å². The lowest BCUT2D eigenvalue weighted by Gasteiger charge is -2.22. The normalized spacial score (nSPS) is 21.7. The standard InChI is InChI=1S/C21H27N3O2S.ClH/c1-14-19(15(2)26-23-14)13-27-20-6-4-3-5-18(20)21(25)24-9-7-16-11-22-12-17(16)8-10-24;/h3-6,16-17,22H,7-13H2,1-2H3;1H/t16-,17+;. The van der Waals surface area contributed by atoms with Crippen LogP contribution in [-0.4, -0.2) is 42.1 Å². The van der Waals surface area contributed by atoms with Crippen molar-refractivity contribution in [2.45, 2.75) is 37.3 Å². The molecule has 1 aromatic heterocycles. The van der Waals surface area contributed by atoms with Crippen LogP contribution in [0.1, 0.15) is 40.2 Å². The number of fused-ring (bicyclic) bond motifs is 1. The summed E-state index contributed by atoms with van der Waals surface area (Å²) in [6.45, 7) is 7.85. The van der Waals surface area contributed by atoms with Crippen LogP contribution in [0.15, 0.2) is 33.7 Å². The first kappa shape index (κ1) is 21.2. The summed E-state index contributed by atoms with van der Waals surface area (Å²) in [7, 11) is 0. The highest BCUT2D eigenvalue weighted by Gasteiger charge is 2.32. The summed E-state index contributed by atoms with van der Waals surface area (Å²) in [6.07, 6.45) is 2.22. The summed E-state index contributed by atoms with van der Waals surface area (Å²) in [4.78, 5) is 16.4. The zero-order chi connectivity index (χ0) is 18.8. The smallest absolute Gasteiger partial charge is 0.254 e. The highest BCUT2D eigenvalue weighted by Crippen LogP contribution is 2.31. The monoisotopic (exact) mass is 421 g/mol. The number of likely N-dealkylation sites (tertiary alicyclic amines) is 1. The number of rotatable bonds is 4. The molecule has 7 heteroatoms. The molecular weight excluding hydrogens is 394 g/mol. The number of aryl methyl sites for hydroxylation is 2. The van der Waals surface area contributed by atoms with E-state index in [0.29, 0.717) is 0 Å². The van der Waals surface area contributed by atoms with Crippen molar-refractivity contribution >= 4 is 30.1 Å². The average molecular weight is 422 g/mol. The van der Waals surface area contributed by atoms with E-state index >= 15 is 0 Å². The van der Waals surface area contributed by atoms with E-state index in [1.807, 2.05) is 38.1 Å². The van der Waals surface area contributed by atoms with Gasteiger partial charge in [-0.1, -0.05) is 17.3 Å². The summed E-state index contributed by atoms with van der Waals surface area (Å²) >= 11 is 1.69. The van der Waals surface area contributed by atoms with Crippen molar-refractivity contribution in [1.29, 1.82) is 0 Å². The maximum Gasteiger partial charge on any atom is 0.254 e. The predicted molar refractivity (Wildman–Crippen MR) is 114 cm³/mol. The number of nitrogens with one attached hydrogen (secondary N) is 1. The number of hydrogen-bond donors (Lipinski definition) is 1. The minimum Gasteiger partial charge on any atom is -0.361 e. The van der Waals surface area contributed by atoms with Gasteiger partial charge in [0.05, 0.1) is 11.3 Å². The van der Waals surface area contributed by atoms with Crippen LogP contribution in [0.2, 0.25) is 0 Å². The van der Waals surface area contributed by atoms with Gasteiger partial charge in [0.25, 0.3) is 5.91 Å².